The molecule has 1 aromatic carbocycles. The number of thioether (sulfide) groups is 1. The number of nitrogens with zero attached hydrogens (tertiary/aromatic N) is 3. The lowest BCUT2D eigenvalue weighted by Crippen LogP contribution is -2.40. The zero-order chi connectivity index (χ0) is 16.3. The van der Waals surface area contributed by atoms with Crippen LogP contribution in [0.5, 0.6) is 0 Å². The summed E-state index contributed by atoms with van der Waals surface area (Å²) < 4.78 is 1.94. The molecule has 0 aliphatic carbocycles. The number of aliphatic imine (C=N–C) groups is 1. The molecule has 24 heavy (non-hydrogen) atoms. The first-order valence-electron chi connectivity index (χ1n) is 7.91. The molecule has 2 rings (SSSR count). The van der Waals surface area contributed by atoms with Crippen LogP contribution in [0.4, 0.5) is 0 Å². The highest BCUT2D eigenvalue weighted by Gasteiger charge is 2.05. The van der Waals surface area contributed by atoms with Gasteiger partial charge in [0.25, 0.3) is 0 Å². The van der Waals surface area contributed by atoms with E-state index in [0.29, 0.717) is 5.25 Å². The third-order valence-electron chi connectivity index (χ3n) is 3.28. The Labute approximate surface area is 165 Å². The number of guanidine groups is 1. The Morgan fingerprint density at radius 1 is 1.25 bits per heavy atom. The molecule has 132 valence electrons. The molecule has 0 saturated carbocycles. The van der Waals surface area contributed by atoms with E-state index in [1.54, 1.807) is 13.2 Å². The summed E-state index contributed by atoms with van der Waals surface area (Å²) >= 11 is 1.87. The second-order valence-electron chi connectivity index (χ2n) is 5.24. The number of halogens is 1. The van der Waals surface area contributed by atoms with Gasteiger partial charge in [0.05, 0.1) is 0 Å². The van der Waals surface area contributed by atoms with Crippen LogP contribution in [0.15, 0.2) is 58.7 Å². The van der Waals surface area contributed by atoms with Crippen LogP contribution >= 0.6 is 35.7 Å². The van der Waals surface area contributed by atoms with Gasteiger partial charge in [-0.2, -0.15) is 5.10 Å². The van der Waals surface area contributed by atoms with Crippen LogP contribution in [-0.4, -0.2) is 41.1 Å². The van der Waals surface area contributed by atoms with E-state index in [4.69, 9.17) is 0 Å². The fourth-order valence-corrected chi connectivity index (χ4v) is 3.06. The number of nitrogens with one attached hydrogen (secondary N) is 2. The standard InChI is InChI=1S/C17H25N5S.HI/c1-15(23-16-8-4-3-5-9-16)14-20-17(18-2)19-10-6-12-22-13-7-11-21-22;/h3-5,7-9,11,13,15H,6,10,12,14H2,1-2H3,(H2,18,19,20);1H. The number of benzene rings is 1. The van der Waals surface area contributed by atoms with Gasteiger partial charge in [0.1, 0.15) is 0 Å². The SMILES string of the molecule is CN=C(NCCCn1cccn1)NCC(C)Sc1ccccc1.I. The summed E-state index contributed by atoms with van der Waals surface area (Å²) in [4.78, 5) is 5.56. The van der Waals surface area contributed by atoms with Gasteiger partial charge < -0.3 is 10.6 Å². The second kappa shape index (κ2) is 12.2. The Kier molecular flexibility index (Phi) is 10.6. The van der Waals surface area contributed by atoms with Crippen LogP contribution in [0.3, 0.4) is 0 Å². The molecular weight excluding hydrogens is 433 g/mol. The van der Waals surface area contributed by atoms with Crippen molar-refractivity contribution in [1.82, 2.24) is 20.4 Å². The monoisotopic (exact) mass is 459 g/mol. The van der Waals surface area contributed by atoms with Gasteiger partial charge >= 0.3 is 0 Å². The van der Waals surface area contributed by atoms with Crippen molar-refractivity contribution >= 4 is 41.7 Å². The average Bonchev–Trinajstić information content (AvgIpc) is 3.08. The second-order valence-corrected chi connectivity index (χ2v) is 6.76. The lowest BCUT2D eigenvalue weighted by molar-refractivity contribution is 0.570. The highest BCUT2D eigenvalue weighted by molar-refractivity contribution is 14.0. The molecular formula is C17H26IN5S. The molecule has 0 radical (unpaired) electrons. The van der Waals surface area contributed by atoms with E-state index in [2.05, 4.69) is 51.9 Å². The normalized spacial score (nSPS) is 12.3. The fraction of sp³-hybridized carbons (Fsp3) is 0.412. The molecule has 2 N–H and O–H groups in total. The van der Waals surface area contributed by atoms with E-state index in [9.17, 15) is 0 Å². The van der Waals surface area contributed by atoms with E-state index < -0.39 is 0 Å². The van der Waals surface area contributed by atoms with Crippen molar-refractivity contribution in [3.8, 4) is 0 Å². The quantitative estimate of drug-likeness (QED) is 0.209. The van der Waals surface area contributed by atoms with E-state index in [1.807, 2.05) is 34.8 Å². The first kappa shape index (κ1) is 20.8. The Morgan fingerprint density at radius 2 is 2.04 bits per heavy atom. The highest BCUT2D eigenvalue weighted by atomic mass is 127. The molecule has 5 nitrogen and oxygen atoms in total. The number of hydrogen-bond acceptors (Lipinski definition) is 3. The summed E-state index contributed by atoms with van der Waals surface area (Å²) in [6.07, 6.45) is 4.80. The van der Waals surface area contributed by atoms with Gasteiger partial charge in [0.2, 0.25) is 0 Å². The van der Waals surface area contributed by atoms with Crippen LogP contribution < -0.4 is 10.6 Å². The Bertz CT molecular complexity index is 574. The molecule has 0 aliphatic rings. The predicted octanol–water partition coefficient (Wildman–Crippen LogP) is 3.24. The summed E-state index contributed by atoms with van der Waals surface area (Å²) in [5.41, 5.74) is 0. The lowest BCUT2D eigenvalue weighted by atomic mass is 10.4. The molecule has 1 aromatic heterocycles. The molecule has 0 spiro atoms. The summed E-state index contributed by atoms with van der Waals surface area (Å²) in [5, 5.41) is 11.4. The molecule has 0 aliphatic heterocycles. The Morgan fingerprint density at radius 3 is 2.71 bits per heavy atom. The van der Waals surface area contributed by atoms with Crippen molar-refractivity contribution in [1.29, 1.82) is 0 Å². The highest BCUT2D eigenvalue weighted by Crippen LogP contribution is 2.21. The Hall–Kier alpha value is -1.22. The minimum atomic E-state index is 0. The molecule has 0 fully saturated rings. The van der Waals surface area contributed by atoms with Gasteiger partial charge in [-0.25, -0.2) is 0 Å². The first-order chi connectivity index (χ1) is 11.3. The zero-order valence-electron chi connectivity index (χ0n) is 14.2. The number of rotatable bonds is 8. The lowest BCUT2D eigenvalue weighted by Gasteiger charge is -2.16. The predicted molar refractivity (Wildman–Crippen MR) is 113 cm³/mol. The Balaban J connectivity index is 0.00000288. The van der Waals surface area contributed by atoms with Crippen molar-refractivity contribution in [2.45, 2.75) is 30.0 Å². The van der Waals surface area contributed by atoms with E-state index in [1.165, 1.54) is 4.90 Å². The van der Waals surface area contributed by atoms with Gasteiger partial charge in [-0.05, 0) is 24.6 Å². The summed E-state index contributed by atoms with van der Waals surface area (Å²) in [6, 6.07) is 12.4. The van der Waals surface area contributed by atoms with Gasteiger partial charge in [-0.15, -0.1) is 35.7 Å². The molecule has 2 aromatic rings. The average molecular weight is 459 g/mol. The number of aromatic nitrogens is 2. The van der Waals surface area contributed by atoms with Gasteiger partial charge in [0.15, 0.2) is 5.96 Å². The van der Waals surface area contributed by atoms with Crippen LogP contribution in [0.2, 0.25) is 0 Å². The van der Waals surface area contributed by atoms with Gasteiger partial charge in [-0.1, -0.05) is 25.1 Å². The van der Waals surface area contributed by atoms with Gasteiger partial charge in [0, 0.05) is 49.2 Å². The van der Waals surface area contributed by atoms with E-state index in [0.717, 1.165) is 32.0 Å². The summed E-state index contributed by atoms with van der Waals surface area (Å²) in [7, 11) is 1.80. The van der Waals surface area contributed by atoms with Crippen molar-refractivity contribution in [2.75, 3.05) is 20.1 Å². The minimum absolute atomic E-state index is 0. The van der Waals surface area contributed by atoms with Crippen molar-refractivity contribution in [3.63, 3.8) is 0 Å². The van der Waals surface area contributed by atoms with Crippen LogP contribution in [0, 0.1) is 0 Å². The maximum Gasteiger partial charge on any atom is 0.191 e. The smallest absolute Gasteiger partial charge is 0.191 e. The molecule has 0 amide bonds. The number of aryl methyl sites for hydroxylation is 1. The van der Waals surface area contributed by atoms with E-state index in [-0.39, 0.29) is 24.0 Å². The third-order valence-corrected chi connectivity index (χ3v) is 4.39. The largest absolute Gasteiger partial charge is 0.356 e. The molecule has 7 heteroatoms. The molecule has 0 saturated heterocycles. The summed E-state index contributed by atoms with van der Waals surface area (Å²) in [6.45, 7) is 4.88. The molecule has 1 unspecified atom stereocenters. The summed E-state index contributed by atoms with van der Waals surface area (Å²) in [5.74, 6) is 0.853. The first-order valence-corrected chi connectivity index (χ1v) is 8.79. The van der Waals surface area contributed by atoms with Crippen LogP contribution in [0.25, 0.3) is 0 Å². The van der Waals surface area contributed by atoms with Crippen molar-refractivity contribution in [3.05, 3.63) is 48.8 Å². The maximum absolute atomic E-state index is 4.26. The van der Waals surface area contributed by atoms with E-state index >= 15 is 0 Å². The van der Waals surface area contributed by atoms with Crippen LogP contribution in [0.1, 0.15) is 13.3 Å². The molecule has 1 atom stereocenters. The zero-order valence-corrected chi connectivity index (χ0v) is 17.3. The topological polar surface area (TPSA) is 54.2 Å². The molecule has 1 heterocycles. The third kappa shape index (κ3) is 8.05. The van der Waals surface area contributed by atoms with Crippen molar-refractivity contribution < 1.29 is 0 Å². The maximum atomic E-state index is 4.26. The molecule has 0 bridgehead atoms. The van der Waals surface area contributed by atoms with Crippen LogP contribution in [-0.2, 0) is 6.54 Å². The van der Waals surface area contributed by atoms with Crippen molar-refractivity contribution in [2.24, 2.45) is 4.99 Å². The minimum Gasteiger partial charge on any atom is -0.356 e. The fourth-order valence-electron chi connectivity index (χ4n) is 2.11. The number of hydrogen-bond donors (Lipinski definition) is 2. The van der Waals surface area contributed by atoms with Gasteiger partial charge in [-0.3, -0.25) is 9.67 Å².